The summed E-state index contributed by atoms with van der Waals surface area (Å²) in [6.07, 6.45) is 2.51. The smallest absolute Gasteiger partial charge is 0.480 e. The molecule has 1 aliphatic heterocycles. The Balaban J connectivity index is 0.000000745. The molecule has 11 nitrogen and oxygen atoms in total. The highest BCUT2D eigenvalue weighted by atomic mass is 32.2. The van der Waals surface area contributed by atoms with E-state index in [0.29, 0.717) is 37.5 Å². The van der Waals surface area contributed by atoms with Crippen LogP contribution in [-0.4, -0.2) is 104 Å². The van der Waals surface area contributed by atoms with Crippen molar-refractivity contribution in [3.05, 3.63) is 54.1 Å². The number of carboxylic acids is 2. The van der Waals surface area contributed by atoms with E-state index in [0.717, 1.165) is 18.4 Å². The molecule has 1 saturated heterocycles. The normalized spacial score (nSPS) is 15.6. The second-order valence-electron chi connectivity index (χ2n) is 9.32. The van der Waals surface area contributed by atoms with Gasteiger partial charge >= 0.3 is 18.1 Å². The topological polar surface area (TPSA) is 156 Å². The zero-order valence-electron chi connectivity index (χ0n) is 22.5. The third kappa shape index (κ3) is 12.2. The standard InChI is InChI=1S/C24H33N5O4S.C2HF3O2/c1-34-11-9-21(24(32)33)27-22(30)16-28(14-18-6-3-2-4-7-18)15-20-8-5-10-29(20)23(31)12-19-13-25-17-26-19;3-2(4,5)1(6)7/h2-4,6-7,13,17,20-21H,5,8-12,14-16H2,1H3,(H,25,26)(H,27,30)(H,32,33);(H,6,7)/t20-,21?;/m0./s1. The molecule has 2 heterocycles. The average Bonchev–Trinajstić information content (AvgIpc) is 3.59. The maximum Gasteiger partial charge on any atom is 0.490 e. The van der Waals surface area contributed by atoms with Gasteiger partial charge in [-0.15, -0.1) is 0 Å². The number of aromatic nitrogens is 2. The third-order valence-corrected chi connectivity index (χ3v) is 6.80. The van der Waals surface area contributed by atoms with E-state index in [2.05, 4.69) is 15.3 Å². The Morgan fingerprint density at radius 3 is 2.46 bits per heavy atom. The molecule has 2 aromatic rings. The van der Waals surface area contributed by atoms with Gasteiger partial charge in [0.05, 0.1) is 25.0 Å². The molecule has 4 N–H and O–H groups in total. The number of carboxylic acid groups (broad SMARTS) is 2. The van der Waals surface area contributed by atoms with Crippen LogP contribution < -0.4 is 5.32 Å². The number of aliphatic carboxylic acids is 2. The van der Waals surface area contributed by atoms with Crippen LogP contribution in [0.25, 0.3) is 0 Å². The van der Waals surface area contributed by atoms with Gasteiger partial charge in [-0.05, 0) is 36.8 Å². The van der Waals surface area contributed by atoms with Crippen molar-refractivity contribution in [1.82, 2.24) is 25.1 Å². The predicted molar refractivity (Wildman–Crippen MR) is 145 cm³/mol. The van der Waals surface area contributed by atoms with Crippen molar-refractivity contribution in [2.45, 2.75) is 50.5 Å². The lowest BCUT2D eigenvalue weighted by molar-refractivity contribution is -0.192. The highest BCUT2D eigenvalue weighted by molar-refractivity contribution is 7.98. The summed E-state index contributed by atoms with van der Waals surface area (Å²) in [5.74, 6) is -3.42. The molecule has 0 radical (unpaired) electrons. The number of benzene rings is 1. The number of carbonyl (C=O) groups excluding carboxylic acids is 2. The van der Waals surface area contributed by atoms with E-state index >= 15 is 0 Å². The predicted octanol–water partition coefficient (Wildman–Crippen LogP) is 2.40. The molecule has 1 aliphatic rings. The van der Waals surface area contributed by atoms with Gasteiger partial charge in [-0.3, -0.25) is 14.5 Å². The van der Waals surface area contributed by atoms with Gasteiger partial charge < -0.3 is 25.4 Å². The van der Waals surface area contributed by atoms with Crippen LogP contribution in [0.2, 0.25) is 0 Å². The number of hydrogen-bond donors (Lipinski definition) is 4. The van der Waals surface area contributed by atoms with Crippen molar-refractivity contribution in [3.8, 4) is 0 Å². The number of halogens is 3. The van der Waals surface area contributed by atoms with Gasteiger partial charge in [-0.25, -0.2) is 14.6 Å². The van der Waals surface area contributed by atoms with Gasteiger partial charge in [-0.2, -0.15) is 24.9 Å². The van der Waals surface area contributed by atoms with Crippen molar-refractivity contribution in [3.63, 3.8) is 0 Å². The van der Waals surface area contributed by atoms with E-state index < -0.39 is 24.2 Å². The Hall–Kier alpha value is -3.59. The van der Waals surface area contributed by atoms with Crippen LogP contribution in [0.15, 0.2) is 42.9 Å². The molecule has 3 rings (SSSR count). The molecule has 2 atom stereocenters. The molecule has 1 unspecified atom stereocenters. The molecular weight excluding hydrogens is 567 g/mol. The zero-order chi connectivity index (χ0) is 30.4. The summed E-state index contributed by atoms with van der Waals surface area (Å²) in [7, 11) is 0. The first-order valence-electron chi connectivity index (χ1n) is 12.7. The first-order chi connectivity index (χ1) is 19.4. The minimum atomic E-state index is -5.08. The Labute approximate surface area is 239 Å². The first-order valence-corrected chi connectivity index (χ1v) is 14.1. The minimum Gasteiger partial charge on any atom is -0.480 e. The minimum absolute atomic E-state index is 0.00489. The van der Waals surface area contributed by atoms with Crippen LogP contribution in [0, 0.1) is 0 Å². The van der Waals surface area contributed by atoms with E-state index in [1.807, 2.05) is 46.4 Å². The number of alkyl halides is 3. The van der Waals surface area contributed by atoms with Gasteiger partial charge in [0.2, 0.25) is 11.8 Å². The quantitative estimate of drug-likeness (QED) is 0.271. The van der Waals surface area contributed by atoms with E-state index in [1.165, 1.54) is 0 Å². The molecule has 0 bridgehead atoms. The number of aromatic amines is 1. The van der Waals surface area contributed by atoms with Crippen LogP contribution in [0.5, 0.6) is 0 Å². The highest BCUT2D eigenvalue weighted by Crippen LogP contribution is 2.20. The summed E-state index contributed by atoms with van der Waals surface area (Å²) in [6.45, 7) is 1.83. The first kappa shape index (κ1) is 33.6. The second-order valence-corrected chi connectivity index (χ2v) is 10.3. The average molecular weight is 602 g/mol. The van der Waals surface area contributed by atoms with Crippen LogP contribution in [0.4, 0.5) is 13.2 Å². The van der Waals surface area contributed by atoms with Crippen LogP contribution in [0.3, 0.4) is 0 Å². The zero-order valence-corrected chi connectivity index (χ0v) is 23.3. The lowest BCUT2D eigenvalue weighted by Crippen LogP contribution is -2.49. The molecule has 1 aromatic carbocycles. The number of hydrogen-bond acceptors (Lipinski definition) is 7. The second kappa shape index (κ2) is 16.6. The number of likely N-dealkylation sites (tertiary alicyclic amines) is 1. The number of rotatable bonds is 13. The Morgan fingerprint density at radius 2 is 1.90 bits per heavy atom. The van der Waals surface area contributed by atoms with E-state index in [9.17, 15) is 32.7 Å². The number of H-pyrrole nitrogens is 1. The summed E-state index contributed by atoms with van der Waals surface area (Å²) in [5, 5.41) is 19.3. The highest BCUT2D eigenvalue weighted by Gasteiger charge is 2.38. The number of nitrogens with zero attached hydrogens (tertiary/aromatic N) is 3. The van der Waals surface area contributed by atoms with Crippen molar-refractivity contribution >= 4 is 35.5 Å². The SMILES string of the molecule is CSCCC(NC(=O)CN(Cc1ccccc1)C[C@@H]1CCCN1C(=O)Cc1c[nH]cn1)C(=O)O.O=C(O)C(F)(F)F. The molecule has 0 aliphatic carbocycles. The Bertz CT molecular complexity index is 1120. The van der Waals surface area contributed by atoms with Crippen LogP contribution in [-0.2, 0) is 32.1 Å². The maximum atomic E-state index is 12.9. The van der Waals surface area contributed by atoms with Gasteiger partial charge in [-0.1, -0.05) is 30.3 Å². The number of amides is 2. The van der Waals surface area contributed by atoms with Gasteiger partial charge in [0.25, 0.3) is 0 Å². The molecular formula is C26H34F3N5O6S. The molecule has 0 saturated carbocycles. The number of nitrogens with one attached hydrogen (secondary N) is 2. The Morgan fingerprint density at radius 1 is 1.22 bits per heavy atom. The van der Waals surface area contributed by atoms with Crippen LogP contribution in [0.1, 0.15) is 30.5 Å². The molecule has 1 fully saturated rings. The van der Waals surface area contributed by atoms with Gasteiger partial charge in [0.1, 0.15) is 6.04 Å². The fourth-order valence-corrected chi connectivity index (χ4v) is 4.73. The molecule has 1 aromatic heterocycles. The monoisotopic (exact) mass is 601 g/mol. The van der Waals surface area contributed by atoms with E-state index in [-0.39, 0.29) is 30.8 Å². The fourth-order valence-electron chi connectivity index (χ4n) is 4.26. The summed E-state index contributed by atoms with van der Waals surface area (Å²) >= 11 is 1.55. The third-order valence-electron chi connectivity index (χ3n) is 6.16. The maximum absolute atomic E-state index is 12.9. The largest absolute Gasteiger partial charge is 0.490 e. The van der Waals surface area contributed by atoms with Crippen molar-refractivity contribution < 1.29 is 42.6 Å². The van der Waals surface area contributed by atoms with Crippen LogP contribution >= 0.6 is 11.8 Å². The number of carbonyl (C=O) groups is 4. The molecule has 15 heteroatoms. The van der Waals surface area contributed by atoms with Crippen molar-refractivity contribution in [1.29, 1.82) is 0 Å². The van der Waals surface area contributed by atoms with Crippen molar-refractivity contribution in [2.24, 2.45) is 0 Å². The lowest BCUT2D eigenvalue weighted by Gasteiger charge is -2.31. The fraction of sp³-hybridized carbons (Fsp3) is 0.500. The summed E-state index contributed by atoms with van der Waals surface area (Å²) < 4.78 is 31.7. The lowest BCUT2D eigenvalue weighted by atomic mass is 10.1. The summed E-state index contributed by atoms with van der Waals surface area (Å²) in [5.41, 5.74) is 1.76. The summed E-state index contributed by atoms with van der Waals surface area (Å²) in [6, 6.07) is 8.93. The van der Waals surface area contributed by atoms with Gasteiger partial charge in [0.15, 0.2) is 0 Å². The number of imidazole rings is 1. The van der Waals surface area contributed by atoms with Crippen molar-refractivity contribution in [2.75, 3.05) is 31.6 Å². The van der Waals surface area contributed by atoms with E-state index in [4.69, 9.17) is 9.90 Å². The van der Waals surface area contributed by atoms with E-state index in [1.54, 1.807) is 24.3 Å². The molecule has 41 heavy (non-hydrogen) atoms. The molecule has 0 spiro atoms. The molecule has 226 valence electrons. The summed E-state index contributed by atoms with van der Waals surface area (Å²) in [4.78, 5) is 57.1. The van der Waals surface area contributed by atoms with Gasteiger partial charge in [0, 0.05) is 31.9 Å². The number of thioether (sulfide) groups is 1. The Kier molecular flexibility index (Phi) is 13.6. The molecule has 2 amide bonds.